The van der Waals surface area contributed by atoms with Gasteiger partial charge in [-0.05, 0) is 56.6 Å². The monoisotopic (exact) mass is 236 g/mol. The number of hydrogen-bond donors (Lipinski definition) is 2. The minimum atomic E-state index is 0.408. The molecule has 1 rings (SSSR count). The highest BCUT2D eigenvalue weighted by atomic mass is 32.1. The molecule has 0 saturated carbocycles. The molecule has 1 aromatic carbocycles. The molecule has 0 aliphatic rings. The van der Waals surface area contributed by atoms with Crippen LogP contribution in [0.1, 0.15) is 31.4 Å². The van der Waals surface area contributed by atoms with Gasteiger partial charge in [0.05, 0.1) is 0 Å². The first kappa shape index (κ1) is 13.0. The number of thiocarbonyl (C=S) groups is 1. The molecule has 1 aromatic rings. The second kappa shape index (κ2) is 5.85. The van der Waals surface area contributed by atoms with E-state index in [1.54, 1.807) is 0 Å². The van der Waals surface area contributed by atoms with E-state index in [0.29, 0.717) is 11.2 Å². The van der Waals surface area contributed by atoms with Crippen LogP contribution in [-0.4, -0.2) is 11.2 Å². The second-order valence-corrected chi connectivity index (χ2v) is 4.63. The third kappa shape index (κ3) is 3.81. The lowest BCUT2D eigenvalue weighted by Crippen LogP contribution is -2.35. The van der Waals surface area contributed by atoms with Crippen molar-refractivity contribution in [1.29, 1.82) is 0 Å². The van der Waals surface area contributed by atoms with E-state index in [1.807, 2.05) is 0 Å². The van der Waals surface area contributed by atoms with Crippen LogP contribution in [-0.2, 0) is 0 Å². The summed E-state index contributed by atoms with van der Waals surface area (Å²) in [5.41, 5.74) is 3.53. The van der Waals surface area contributed by atoms with Gasteiger partial charge in [0.15, 0.2) is 5.11 Å². The molecule has 3 heteroatoms. The Morgan fingerprint density at radius 3 is 2.69 bits per heavy atom. The minimum absolute atomic E-state index is 0.408. The molecule has 0 heterocycles. The van der Waals surface area contributed by atoms with Crippen LogP contribution in [0.3, 0.4) is 0 Å². The van der Waals surface area contributed by atoms with Gasteiger partial charge in [0, 0.05) is 11.7 Å². The van der Waals surface area contributed by atoms with Crippen LogP contribution in [0.2, 0.25) is 0 Å². The largest absolute Gasteiger partial charge is 0.360 e. The first-order valence-electron chi connectivity index (χ1n) is 5.67. The fourth-order valence-electron chi connectivity index (χ4n) is 1.35. The summed E-state index contributed by atoms with van der Waals surface area (Å²) < 4.78 is 0. The predicted octanol–water partition coefficient (Wildman–Crippen LogP) is 3.39. The normalized spacial score (nSPS) is 12.0. The Morgan fingerprint density at radius 2 is 2.06 bits per heavy atom. The summed E-state index contributed by atoms with van der Waals surface area (Å²) >= 11 is 5.26. The van der Waals surface area contributed by atoms with Gasteiger partial charge in [-0.2, -0.15) is 0 Å². The molecule has 0 saturated heterocycles. The van der Waals surface area contributed by atoms with Crippen molar-refractivity contribution in [3.8, 4) is 0 Å². The van der Waals surface area contributed by atoms with Crippen molar-refractivity contribution < 1.29 is 0 Å². The summed E-state index contributed by atoms with van der Waals surface area (Å²) in [4.78, 5) is 0. The van der Waals surface area contributed by atoms with Crippen molar-refractivity contribution in [2.24, 2.45) is 0 Å². The SMILES string of the molecule is CC[C@@H](C)NC(=S)Nc1cc(C)ccc1C. The van der Waals surface area contributed by atoms with Gasteiger partial charge in [-0.25, -0.2) is 0 Å². The number of rotatable bonds is 3. The summed E-state index contributed by atoms with van der Waals surface area (Å²) in [6.07, 6.45) is 1.06. The van der Waals surface area contributed by atoms with Crippen LogP contribution in [0.4, 0.5) is 5.69 Å². The standard InChI is InChI=1S/C13H20N2S/c1-5-11(4)14-13(16)15-12-8-9(2)6-7-10(12)3/h6-8,11H,5H2,1-4H3,(H2,14,15,16)/t11-/m1/s1. The van der Waals surface area contributed by atoms with Crippen LogP contribution >= 0.6 is 12.2 Å². The number of hydrogen-bond acceptors (Lipinski definition) is 1. The second-order valence-electron chi connectivity index (χ2n) is 4.23. The third-order valence-electron chi connectivity index (χ3n) is 2.63. The first-order valence-corrected chi connectivity index (χ1v) is 6.08. The zero-order chi connectivity index (χ0) is 12.1. The summed E-state index contributed by atoms with van der Waals surface area (Å²) in [5, 5.41) is 7.18. The molecule has 0 unspecified atom stereocenters. The molecule has 0 radical (unpaired) electrons. The molecule has 0 spiro atoms. The minimum Gasteiger partial charge on any atom is -0.360 e. The Morgan fingerprint density at radius 1 is 1.38 bits per heavy atom. The Hall–Kier alpha value is -1.09. The zero-order valence-electron chi connectivity index (χ0n) is 10.4. The maximum atomic E-state index is 5.26. The van der Waals surface area contributed by atoms with Crippen molar-refractivity contribution in [3.05, 3.63) is 29.3 Å². The fraction of sp³-hybridized carbons (Fsp3) is 0.462. The summed E-state index contributed by atoms with van der Waals surface area (Å²) in [6.45, 7) is 8.42. The first-order chi connectivity index (χ1) is 7.52. The predicted molar refractivity (Wildman–Crippen MR) is 75.0 cm³/mol. The Bertz CT molecular complexity index is 374. The molecule has 0 aromatic heterocycles. The van der Waals surface area contributed by atoms with Crippen LogP contribution in [0.5, 0.6) is 0 Å². The van der Waals surface area contributed by atoms with E-state index in [4.69, 9.17) is 12.2 Å². The molecule has 0 aliphatic carbocycles. The van der Waals surface area contributed by atoms with E-state index in [-0.39, 0.29) is 0 Å². The van der Waals surface area contributed by atoms with Crippen molar-refractivity contribution in [2.45, 2.75) is 40.2 Å². The van der Waals surface area contributed by atoms with Crippen molar-refractivity contribution >= 4 is 23.0 Å². The molecule has 88 valence electrons. The fourth-order valence-corrected chi connectivity index (χ4v) is 1.67. The van der Waals surface area contributed by atoms with Gasteiger partial charge in [0.25, 0.3) is 0 Å². The Balaban J connectivity index is 2.65. The molecule has 2 nitrogen and oxygen atoms in total. The molecule has 16 heavy (non-hydrogen) atoms. The van der Waals surface area contributed by atoms with Crippen LogP contribution < -0.4 is 10.6 Å². The van der Waals surface area contributed by atoms with Crippen LogP contribution in [0.25, 0.3) is 0 Å². The average molecular weight is 236 g/mol. The van der Waals surface area contributed by atoms with Crippen molar-refractivity contribution in [1.82, 2.24) is 5.32 Å². The highest BCUT2D eigenvalue weighted by molar-refractivity contribution is 7.80. The molecule has 0 aliphatic heterocycles. The van der Waals surface area contributed by atoms with Crippen LogP contribution in [0, 0.1) is 13.8 Å². The average Bonchev–Trinajstić information content (AvgIpc) is 2.23. The van der Waals surface area contributed by atoms with Crippen molar-refractivity contribution in [3.63, 3.8) is 0 Å². The van der Waals surface area contributed by atoms with E-state index in [0.717, 1.165) is 12.1 Å². The van der Waals surface area contributed by atoms with Gasteiger partial charge in [-0.15, -0.1) is 0 Å². The van der Waals surface area contributed by atoms with E-state index >= 15 is 0 Å². The maximum Gasteiger partial charge on any atom is 0.170 e. The maximum absolute atomic E-state index is 5.26. The number of aryl methyl sites for hydroxylation is 2. The number of benzene rings is 1. The smallest absolute Gasteiger partial charge is 0.170 e. The number of nitrogens with one attached hydrogen (secondary N) is 2. The van der Waals surface area contributed by atoms with Gasteiger partial charge in [0.1, 0.15) is 0 Å². The lowest BCUT2D eigenvalue weighted by Gasteiger charge is -2.16. The third-order valence-corrected chi connectivity index (χ3v) is 2.85. The Labute approximate surface area is 103 Å². The molecular weight excluding hydrogens is 216 g/mol. The summed E-state index contributed by atoms with van der Waals surface area (Å²) in [5.74, 6) is 0. The lowest BCUT2D eigenvalue weighted by atomic mass is 10.1. The molecule has 0 amide bonds. The lowest BCUT2D eigenvalue weighted by molar-refractivity contribution is 0.646. The molecule has 0 fully saturated rings. The Kier molecular flexibility index (Phi) is 4.74. The summed E-state index contributed by atoms with van der Waals surface area (Å²) in [6, 6.07) is 6.72. The van der Waals surface area contributed by atoms with E-state index in [1.165, 1.54) is 11.1 Å². The topological polar surface area (TPSA) is 24.1 Å². The van der Waals surface area contributed by atoms with E-state index < -0.39 is 0 Å². The molecule has 2 N–H and O–H groups in total. The molecule has 1 atom stereocenters. The van der Waals surface area contributed by atoms with Gasteiger partial charge < -0.3 is 10.6 Å². The zero-order valence-corrected chi connectivity index (χ0v) is 11.2. The van der Waals surface area contributed by atoms with Crippen molar-refractivity contribution in [2.75, 3.05) is 5.32 Å². The summed E-state index contributed by atoms with van der Waals surface area (Å²) in [7, 11) is 0. The highest BCUT2D eigenvalue weighted by Gasteiger charge is 2.03. The van der Waals surface area contributed by atoms with E-state index in [9.17, 15) is 0 Å². The van der Waals surface area contributed by atoms with Gasteiger partial charge >= 0.3 is 0 Å². The number of anilines is 1. The quantitative estimate of drug-likeness (QED) is 0.787. The molecule has 0 bridgehead atoms. The van der Waals surface area contributed by atoms with Gasteiger partial charge in [-0.1, -0.05) is 19.1 Å². The van der Waals surface area contributed by atoms with Gasteiger partial charge in [-0.3, -0.25) is 0 Å². The van der Waals surface area contributed by atoms with E-state index in [2.05, 4.69) is 56.5 Å². The molecular formula is C13H20N2S. The van der Waals surface area contributed by atoms with Crippen LogP contribution in [0.15, 0.2) is 18.2 Å². The highest BCUT2D eigenvalue weighted by Crippen LogP contribution is 2.16. The van der Waals surface area contributed by atoms with Gasteiger partial charge in [0.2, 0.25) is 0 Å².